The summed E-state index contributed by atoms with van der Waals surface area (Å²) in [5.74, 6) is 0.677. The Morgan fingerprint density at radius 1 is 1.37 bits per heavy atom. The second-order valence-corrected chi connectivity index (χ2v) is 5.37. The Labute approximate surface area is 120 Å². The van der Waals surface area contributed by atoms with Crippen LogP contribution >= 0.6 is 11.6 Å². The summed E-state index contributed by atoms with van der Waals surface area (Å²) in [7, 11) is 1.80. The first-order chi connectivity index (χ1) is 8.92. The minimum absolute atomic E-state index is 0.136. The number of amides is 1. The van der Waals surface area contributed by atoms with Crippen LogP contribution in [-0.2, 0) is 0 Å². The van der Waals surface area contributed by atoms with Gasteiger partial charge in [0, 0.05) is 19.0 Å². The summed E-state index contributed by atoms with van der Waals surface area (Å²) in [6.07, 6.45) is 3.34. The van der Waals surface area contributed by atoms with Crippen molar-refractivity contribution in [1.82, 2.24) is 14.9 Å². The van der Waals surface area contributed by atoms with Crippen molar-refractivity contribution >= 4 is 17.5 Å². The molecule has 0 atom stereocenters. The van der Waals surface area contributed by atoms with Gasteiger partial charge in [-0.25, -0.2) is 9.97 Å². The Hall–Kier alpha value is -1.16. The molecule has 0 aliphatic carbocycles. The van der Waals surface area contributed by atoms with E-state index in [1.165, 1.54) is 6.20 Å². The maximum absolute atomic E-state index is 12.5. The molecule has 0 fully saturated rings. The van der Waals surface area contributed by atoms with Crippen LogP contribution in [0.2, 0.25) is 5.02 Å². The van der Waals surface area contributed by atoms with Crippen LogP contribution in [0.5, 0.6) is 0 Å². The Kier molecular flexibility index (Phi) is 5.73. The predicted molar refractivity (Wildman–Crippen MR) is 77.6 cm³/mol. The number of carbonyl (C=O) groups is 1. The molecule has 0 spiro atoms. The highest BCUT2D eigenvalue weighted by Gasteiger charge is 2.23. The van der Waals surface area contributed by atoms with Gasteiger partial charge in [-0.3, -0.25) is 4.79 Å². The van der Waals surface area contributed by atoms with Crippen LogP contribution in [0.4, 0.5) is 0 Å². The van der Waals surface area contributed by atoms with E-state index >= 15 is 0 Å². The van der Waals surface area contributed by atoms with E-state index in [0.29, 0.717) is 16.5 Å². The first-order valence-electron chi connectivity index (χ1n) is 6.71. The number of halogens is 1. The molecule has 0 aliphatic rings. The molecule has 1 heterocycles. The Morgan fingerprint density at radius 2 is 1.95 bits per heavy atom. The third kappa shape index (κ3) is 3.66. The van der Waals surface area contributed by atoms with Crippen molar-refractivity contribution in [2.45, 2.75) is 52.5 Å². The molecule has 4 nitrogen and oxygen atoms in total. The third-order valence-electron chi connectivity index (χ3n) is 3.29. The molecular formula is C14H22ClN3O. The zero-order valence-corrected chi connectivity index (χ0v) is 13.0. The molecule has 0 saturated carbocycles. The fourth-order valence-electron chi connectivity index (χ4n) is 1.98. The summed E-state index contributed by atoms with van der Waals surface area (Å²) in [6, 6.07) is 0.209. The molecule has 5 heteroatoms. The molecule has 0 unspecified atom stereocenters. The van der Waals surface area contributed by atoms with Crippen molar-refractivity contribution in [1.29, 1.82) is 0 Å². The van der Waals surface area contributed by atoms with Gasteiger partial charge in [0.2, 0.25) is 0 Å². The van der Waals surface area contributed by atoms with E-state index in [4.69, 9.17) is 11.6 Å². The lowest BCUT2D eigenvalue weighted by molar-refractivity contribution is 0.0717. The third-order valence-corrected chi connectivity index (χ3v) is 3.57. The summed E-state index contributed by atoms with van der Waals surface area (Å²) in [6.45, 7) is 8.11. The smallest absolute Gasteiger partial charge is 0.274 e. The monoisotopic (exact) mass is 283 g/mol. The Bertz CT molecular complexity index is 444. The normalized spacial score (nSPS) is 11.2. The molecule has 0 bridgehead atoms. The van der Waals surface area contributed by atoms with Crippen LogP contribution in [0.3, 0.4) is 0 Å². The standard InChI is InChI=1S/C14H22ClN3O/c1-6-10(7-2)18(5)14(19)12-11(15)8-16-13(17-12)9(3)4/h8-10H,6-7H2,1-5H3. The van der Waals surface area contributed by atoms with E-state index in [1.807, 2.05) is 13.8 Å². The van der Waals surface area contributed by atoms with Gasteiger partial charge in [0.25, 0.3) is 5.91 Å². The number of aromatic nitrogens is 2. The van der Waals surface area contributed by atoms with Gasteiger partial charge in [-0.1, -0.05) is 39.3 Å². The summed E-state index contributed by atoms with van der Waals surface area (Å²) < 4.78 is 0. The minimum Gasteiger partial charge on any atom is -0.337 e. The van der Waals surface area contributed by atoms with Crippen LogP contribution in [0.25, 0.3) is 0 Å². The highest BCUT2D eigenvalue weighted by molar-refractivity contribution is 6.33. The van der Waals surface area contributed by atoms with E-state index in [1.54, 1.807) is 11.9 Å². The summed E-state index contributed by atoms with van der Waals surface area (Å²) in [5, 5.41) is 0.312. The number of carbonyl (C=O) groups excluding carboxylic acids is 1. The van der Waals surface area contributed by atoms with Gasteiger partial charge in [0.15, 0.2) is 5.69 Å². The largest absolute Gasteiger partial charge is 0.337 e. The van der Waals surface area contributed by atoms with Gasteiger partial charge in [-0.05, 0) is 12.8 Å². The van der Waals surface area contributed by atoms with Crippen LogP contribution in [0, 0.1) is 0 Å². The second kappa shape index (κ2) is 6.85. The molecule has 0 aromatic carbocycles. The number of nitrogens with zero attached hydrogens (tertiary/aromatic N) is 3. The van der Waals surface area contributed by atoms with Crippen molar-refractivity contribution in [2.24, 2.45) is 0 Å². The van der Waals surface area contributed by atoms with Gasteiger partial charge in [0.05, 0.1) is 11.2 Å². The van der Waals surface area contributed by atoms with Crippen LogP contribution < -0.4 is 0 Å². The lowest BCUT2D eigenvalue weighted by Gasteiger charge is -2.26. The van der Waals surface area contributed by atoms with E-state index < -0.39 is 0 Å². The van der Waals surface area contributed by atoms with Gasteiger partial charge in [-0.2, -0.15) is 0 Å². The highest BCUT2D eigenvalue weighted by Crippen LogP contribution is 2.19. The fraction of sp³-hybridized carbons (Fsp3) is 0.643. The Morgan fingerprint density at radius 3 is 2.42 bits per heavy atom. The molecular weight excluding hydrogens is 262 g/mol. The number of rotatable bonds is 5. The predicted octanol–water partition coefficient (Wildman–Crippen LogP) is 3.51. The van der Waals surface area contributed by atoms with Crippen molar-refractivity contribution in [3.8, 4) is 0 Å². The number of hydrogen-bond donors (Lipinski definition) is 0. The second-order valence-electron chi connectivity index (χ2n) is 4.97. The molecule has 0 aliphatic heterocycles. The van der Waals surface area contributed by atoms with Crippen molar-refractivity contribution < 1.29 is 4.79 Å². The molecule has 1 aromatic rings. The first-order valence-corrected chi connectivity index (χ1v) is 7.09. The van der Waals surface area contributed by atoms with Crippen LogP contribution in [0.15, 0.2) is 6.20 Å². The van der Waals surface area contributed by atoms with E-state index in [9.17, 15) is 4.79 Å². The number of hydrogen-bond acceptors (Lipinski definition) is 3. The Balaban J connectivity index is 3.08. The average molecular weight is 284 g/mol. The summed E-state index contributed by atoms with van der Waals surface area (Å²) >= 11 is 6.06. The van der Waals surface area contributed by atoms with Crippen LogP contribution in [-0.4, -0.2) is 33.9 Å². The van der Waals surface area contributed by atoms with Crippen molar-refractivity contribution in [3.63, 3.8) is 0 Å². The van der Waals surface area contributed by atoms with Gasteiger partial charge >= 0.3 is 0 Å². The highest BCUT2D eigenvalue weighted by atomic mass is 35.5. The summed E-state index contributed by atoms with van der Waals surface area (Å²) in [5.41, 5.74) is 0.301. The van der Waals surface area contributed by atoms with Gasteiger partial charge in [-0.15, -0.1) is 0 Å². The van der Waals surface area contributed by atoms with Crippen molar-refractivity contribution in [2.75, 3.05) is 7.05 Å². The van der Waals surface area contributed by atoms with Crippen molar-refractivity contribution in [3.05, 3.63) is 22.7 Å². The molecule has 19 heavy (non-hydrogen) atoms. The van der Waals surface area contributed by atoms with E-state index in [0.717, 1.165) is 12.8 Å². The zero-order chi connectivity index (χ0) is 14.6. The molecule has 0 radical (unpaired) electrons. The molecule has 0 N–H and O–H groups in total. The molecule has 106 valence electrons. The van der Waals surface area contributed by atoms with Gasteiger partial charge in [0.1, 0.15) is 5.82 Å². The van der Waals surface area contributed by atoms with E-state index in [-0.39, 0.29) is 17.9 Å². The first kappa shape index (κ1) is 15.9. The maximum atomic E-state index is 12.5. The fourth-order valence-corrected chi connectivity index (χ4v) is 2.15. The quantitative estimate of drug-likeness (QED) is 0.831. The minimum atomic E-state index is -0.136. The zero-order valence-electron chi connectivity index (χ0n) is 12.3. The molecule has 1 amide bonds. The topological polar surface area (TPSA) is 46.1 Å². The molecule has 1 aromatic heterocycles. The molecule has 1 rings (SSSR count). The van der Waals surface area contributed by atoms with E-state index in [2.05, 4.69) is 23.8 Å². The average Bonchev–Trinajstić information content (AvgIpc) is 2.39. The lowest BCUT2D eigenvalue weighted by Crippen LogP contribution is -2.37. The lowest BCUT2D eigenvalue weighted by atomic mass is 10.1. The van der Waals surface area contributed by atoms with Gasteiger partial charge < -0.3 is 4.90 Å². The SMILES string of the molecule is CCC(CC)N(C)C(=O)c1nc(C(C)C)ncc1Cl. The summed E-state index contributed by atoms with van der Waals surface area (Å²) in [4.78, 5) is 22.6. The molecule has 0 saturated heterocycles. The maximum Gasteiger partial charge on any atom is 0.274 e. The van der Waals surface area contributed by atoms with Crippen LogP contribution in [0.1, 0.15) is 62.8 Å².